The highest BCUT2D eigenvalue weighted by Crippen LogP contribution is 2.36. The smallest absolute Gasteiger partial charge is 0.122 e. The Kier molecular flexibility index (Phi) is 5.14. The average Bonchev–Trinajstić information content (AvgIpc) is 2.41. The molecule has 0 atom stereocenters. The highest BCUT2D eigenvalue weighted by molar-refractivity contribution is 6.42. The third-order valence-corrected chi connectivity index (χ3v) is 4.29. The zero-order valence-electron chi connectivity index (χ0n) is 12.0. The van der Waals surface area contributed by atoms with Crippen molar-refractivity contribution in [1.82, 2.24) is 4.90 Å². The van der Waals surface area contributed by atoms with Crippen LogP contribution in [-0.4, -0.2) is 18.2 Å². The second kappa shape index (κ2) is 6.66. The fourth-order valence-electron chi connectivity index (χ4n) is 2.37. The first-order valence-electron chi connectivity index (χ1n) is 6.70. The van der Waals surface area contributed by atoms with Crippen molar-refractivity contribution < 1.29 is 4.74 Å². The maximum absolute atomic E-state index is 6.31. The van der Waals surface area contributed by atoms with E-state index in [0.717, 1.165) is 5.56 Å². The molecule has 0 amide bonds. The lowest BCUT2D eigenvalue weighted by Gasteiger charge is -2.31. The summed E-state index contributed by atoms with van der Waals surface area (Å²) in [7, 11) is 0. The van der Waals surface area contributed by atoms with Crippen LogP contribution >= 0.6 is 23.2 Å². The van der Waals surface area contributed by atoms with Crippen molar-refractivity contribution in [3.63, 3.8) is 0 Å². The normalized spacial score (nSPS) is 16.1. The molecule has 0 N–H and O–H groups in total. The van der Waals surface area contributed by atoms with Gasteiger partial charge in [0.25, 0.3) is 0 Å². The van der Waals surface area contributed by atoms with Crippen LogP contribution in [-0.2, 0) is 4.74 Å². The molecule has 1 aliphatic heterocycles. The lowest BCUT2D eigenvalue weighted by molar-refractivity contribution is 0.0714. The van der Waals surface area contributed by atoms with Gasteiger partial charge in [0.15, 0.2) is 0 Å². The van der Waals surface area contributed by atoms with Crippen LogP contribution in [0.15, 0.2) is 41.7 Å². The Balaban J connectivity index is 2.28. The van der Waals surface area contributed by atoms with Gasteiger partial charge in [-0.3, -0.25) is 0 Å². The summed E-state index contributed by atoms with van der Waals surface area (Å²) in [4.78, 5) is 2.15. The van der Waals surface area contributed by atoms with Crippen molar-refractivity contribution in [3.05, 3.63) is 57.4 Å². The van der Waals surface area contributed by atoms with Gasteiger partial charge in [0.2, 0.25) is 0 Å². The van der Waals surface area contributed by atoms with Gasteiger partial charge in [0.1, 0.15) is 6.73 Å². The van der Waals surface area contributed by atoms with Gasteiger partial charge in [-0.05, 0) is 32.4 Å². The third-order valence-electron chi connectivity index (χ3n) is 3.46. The summed E-state index contributed by atoms with van der Waals surface area (Å²) in [5.74, 6) is 0.152. The van der Waals surface area contributed by atoms with Crippen molar-refractivity contribution in [3.8, 4) is 0 Å². The SMILES string of the molecule is CCOCN1C(C)=CC(c2cccc(Cl)c2Cl)C=C1C. The number of halogens is 2. The fourth-order valence-corrected chi connectivity index (χ4v) is 2.80. The van der Waals surface area contributed by atoms with Crippen LogP contribution in [0.1, 0.15) is 32.3 Å². The van der Waals surface area contributed by atoms with Crippen LogP contribution in [0.3, 0.4) is 0 Å². The second-order valence-electron chi connectivity index (χ2n) is 4.83. The number of nitrogens with zero attached hydrogens (tertiary/aromatic N) is 1. The molecule has 2 rings (SSSR count). The molecule has 0 saturated heterocycles. The predicted octanol–water partition coefficient (Wildman–Crippen LogP) is 5.19. The highest BCUT2D eigenvalue weighted by atomic mass is 35.5. The maximum atomic E-state index is 6.31. The van der Waals surface area contributed by atoms with Crippen molar-refractivity contribution in [1.29, 1.82) is 0 Å². The summed E-state index contributed by atoms with van der Waals surface area (Å²) in [5.41, 5.74) is 3.37. The number of hydrogen-bond donors (Lipinski definition) is 0. The first-order valence-corrected chi connectivity index (χ1v) is 7.46. The van der Waals surface area contributed by atoms with E-state index in [9.17, 15) is 0 Å². The first-order chi connectivity index (χ1) is 9.54. The first kappa shape index (κ1) is 15.4. The van der Waals surface area contributed by atoms with E-state index < -0.39 is 0 Å². The molecule has 1 aromatic carbocycles. The van der Waals surface area contributed by atoms with Crippen molar-refractivity contribution in [2.45, 2.75) is 26.7 Å². The average molecular weight is 312 g/mol. The molecule has 0 saturated carbocycles. The van der Waals surface area contributed by atoms with E-state index in [1.54, 1.807) is 0 Å². The molecular formula is C16H19Cl2NO. The Hall–Kier alpha value is -0.960. The second-order valence-corrected chi connectivity index (χ2v) is 5.62. The van der Waals surface area contributed by atoms with Gasteiger partial charge in [-0.1, -0.05) is 47.5 Å². The molecule has 20 heavy (non-hydrogen) atoms. The summed E-state index contributed by atoms with van der Waals surface area (Å²) < 4.78 is 5.49. The molecule has 0 bridgehead atoms. The van der Waals surface area contributed by atoms with Gasteiger partial charge in [-0.25, -0.2) is 0 Å². The minimum Gasteiger partial charge on any atom is -0.361 e. The zero-order valence-corrected chi connectivity index (χ0v) is 13.5. The minimum absolute atomic E-state index is 0.152. The van der Waals surface area contributed by atoms with Gasteiger partial charge in [0, 0.05) is 23.9 Å². The van der Waals surface area contributed by atoms with Gasteiger partial charge >= 0.3 is 0 Å². The van der Waals surface area contributed by atoms with Gasteiger partial charge in [0.05, 0.1) is 10.0 Å². The maximum Gasteiger partial charge on any atom is 0.122 e. The Morgan fingerprint density at radius 2 is 1.80 bits per heavy atom. The number of rotatable bonds is 4. The number of allylic oxidation sites excluding steroid dienone is 4. The zero-order chi connectivity index (χ0) is 14.7. The summed E-state index contributed by atoms with van der Waals surface area (Å²) in [6, 6.07) is 5.76. The molecule has 1 aromatic rings. The van der Waals surface area contributed by atoms with Gasteiger partial charge in [-0.2, -0.15) is 0 Å². The monoisotopic (exact) mass is 311 g/mol. The number of ether oxygens (including phenoxy) is 1. The van der Waals surface area contributed by atoms with Crippen molar-refractivity contribution in [2.75, 3.05) is 13.3 Å². The number of hydrogen-bond acceptors (Lipinski definition) is 2. The van der Waals surface area contributed by atoms with Gasteiger partial charge < -0.3 is 9.64 Å². The summed E-state index contributed by atoms with van der Waals surface area (Å²) >= 11 is 12.4. The van der Waals surface area contributed by atoms with E-state index in [4.69, 9.17) is 27.9 Å². The molecule has 0 radical (unpaired) electrons. The van der Waals surface area contributed by atoms with E-state index in [1.807, 2.05) is 25.1 Å². The van der Waals surface area contributed by atoms with Crippen LogP contribution in [0, 0.1) is 0 Å². The summed E-state index contributed by atoms with van der Waals surface area (Å²) in [5, 5.41) is 1.23. The van der Waals surface area contributed by atoms with Gasteiger partial charge in [-0.15, -0.1) is 0 Å². The molecule has 0 aliphatic carbocycles. The molecule has 4 heteroatoms. The van der Waals surface area contributed by atoms with E-state index in [2.05, 4.69) is 30.9 Å². The van der Waals surface area contributed by atoms with Crippen LogP contribution in [0.5, 0.6) is 0 Å². The molecular weight excluding hydrogens is 293 g/mol. The Morgan fingerprint density at radius 1 is 1.15 bits per heavy atom. The Labute approximate surface area is 130 Å². The van der Waals surface area contributed by atoms with E-state index in [-0.39, 0.29) is 5.92 Å². The minimum atomic E-state index is 0.152. The third kappa shape index (κ3) is 3.20. The Morgan fingerprint density at radius 3 is 2.40 bits per heavy atom. The molecule has 1 heterocycles. The molecule has 1 aliphatic rings. The largest absolute Gasteiger partial charge is 0.361 e. The molecule has 2 nitrogen and oxygen atoms in total. The van der Waals surface area contributed by atoms with E-state index in [1.165, 1.54) is 11.4 Å². The lowest BCUT2D eigenvalue weighted by Crippen LogP contribution is -2.26. The molecule has 0 unspecified atom stereocenters. The summed E-state index contributed by atoms with van der Waals surface area (Å²) in [6.07, 6.45) is 4.37. The highest BCUT2D eigenvalue weighted by Gasteiger charge is 2.20. The number of benzene rings is 1. The molecule has 0 fully saturated rings. The quantitative estimate of drug-likeness (QED) is 0.758. The van der Waals surface area contributed by atoms with Crippen molar-refractivity contribution in [2.24, 2.45) is 0 Å². The molecule has 0 spiro atoms. The van der Waals surface area contributed by atoms with Crippen LogP contribution in [0.25, 0.3) is 0 Å². The molecule has 0 aromatic heterocycles. The van der Waals surface area contributed by atoms with Crippen molar-refractivity contribution >= 4 is 23.2 Å². The standard InChI is InChI=1S/C16H19Cl2NO/c1-4-20-10-19-11(2)8-13(9-12(19)3)14-6-5-7-15(17)16(14)18/h5-9,13H,4,10H2,1-3H3. The topological polar surface area (TPSA) is 12.5 Å². The van der Waals surface area contributed by atoms with Crippen LogP contribution in [0.2, 0.25) is 10.0 Å². The van der Waals surface area contributed by atoms with Crippen LogP contribution < -0.4 is 0 Å². The Bertz CT molecular complexity index is 531. The lowest BCUT2D eigenvalue weighted by atomic mass is 9.94. The van der Waals surface area contributed by atoms with Crippen LogP contribution in [0.4, 0.5) is 0 Å². The fraction of sp³-hybridized carbons (Fsp3) is 0.375. The van der Waals surface area contributed by atoms with E-state index in [0.29, 0.717) is 23.4 Å². The van der Waals surface area contributed by atoms with E-state index >= 15 is 0 Å². The summed E-state index contributed by atoms with van der Waals surface area (Å²) in [6.45, 7) is 7.45. The molecule has 108 valence electrons. The predicted molar refractivity (Wildman–Crippen MR) is 85.0 cm³/mol.